The quantitative estimate of drug-likeness (QED) is 0.0309. The molecule has 0 aliphatic carbocycles. The first-order chi connectivity index (χ1) is 62.6. The number of nitrogens with one attached hydrogen (secondary N) is 6. The second-order valence-electron chi connectivity index (χ2n) is 29.9. The predicted octanol–water partition coefficient (Wildman–Crippen LogP) is 31.1. The van der Waals surface area contributed by atoms with Gasteiger partial charge in [0.1, 0.15) is 80.0 Å². The minimum atomic E-state index is -0.399. The van der Waals surface area contributed by atoms with Gasteiger partial charge in [0.2, 0.25) is 0 Å². The lowest BCUT2D eigenvalue weighted by Crippen LogP contribution is -2.10. The largest absolute Gasteiger partial charge is 0.489 e. The van der Waals surface area contributed by atoms with Crippen molar-refractivity contribution in [2.45, 2.75) is 130 Å². The summed E-state index contributed by atoms with van der Waals surface area (Å²) in [5.41, 5.74) is 24.0. The van der Waals surface area contributed by atoms with Crippen LogP contribution in [0.5, 0.6) is 34.5 Å². The van der Waals surface area contributed by atoms with E-state index in [1.165, 1.54) is 33.9 Å². The Hall–Kier alpha value is -10.2. The van der Waals surface area contributed by atoms with Crippen molar-refractivity contribution >= 4 is 186 Å². The fraction of sp³-hybridized carbons (Fsp3) is 0.243. The molecule has 0 saturated heterocycles. The van der Waals surface area contributed by atoms with Crippen LogP contribution in [0.2, 0.25) is 5.02 Å². The van der Waals surface area contributed by atoms with E-state index < -0.39 is 5.82 Å². The number of hydrogen-bond donors (Lipinski definition) is 6. The molecule has 0 radical (unpaired) electrons. The number of halogens is 4. The van der Waals surface area contributed by atoms with Crippen LogP contribution in [0.3, 0.4) is 0 Å². The maximum Gasteiger partial charge on any atom is 0.283 e. The number of benzene rings is 12. The zero-order valence-electron chi connectivity index (χ0n) is 77.0. The average Bonchev–Trinajstić information content (AvgIpc) is 0.849. The van der Waals surface area contributed by atoms with E-state index >= 15 is 0 Å². The molecular weight excluding hydrogens is 1970 g/mol. The number of hydrogen-bond acceptors (Lipinski definition) is 18. The number of aryl methyl sites for hydroxylation is 13. The van der Waals surface area contributed by atoms with Gasteiger partial charge in [0.25, 0.3) is 31.4 Å². The Morgan fingerprint density at radius 2 is 0.550 bits per heavy atom. The zero-order chi connectivity index (χ0) is 95.8. The molecule has 6 N–H and O–H groups in total. The molecule has 0 unspecified atom stereocenters. The molecule has 0 aliphatic rings. The number of para-hydroxylation sites is 1. The molecule has 12 aromatic rings. The smallest absolute Gasteiger partial charge is 0.283 e. The Morgan fingerprint density at radius 1 is 0.290 bits per heavy atom. The van der Waals surface area contributed by atoms with Gasteiger partial charge in [-0.05, 0) is 286 Å². The number of ether oxygens (including phenoxy) is 6. The summed E-state index contributed by atoms with van der Waals surface area (Å²) in [6.07, 6.45) is 10.4. The van der Waals surface area contributed by atoms with Crippen LogP contribution in [0.25, 0.3) is 0 Å². The molecule has 28 heteroatoms. The van der Waals surface area contributed by atoms with E-state index in [-0.39, 0.29) is 38.0 Å². The van der Waals surface area contributed by atoms with Crippen LogP contribution in [-0.2, 0) is 39.6 Å². The van der Waals surface area contributed by atoms with E-state index in [1.807, 2.05) is 226 Å². The first-order valence-corrected chi connectivity index (χ1v) is 50.8. The van der Waals surface area contributed by atoms with Gasteiger partial charge in [0.05, 0.1) is 5.69 Å². The molecule has 12 rings (SSSR count). The third kappa shape index (κ3) is 36.0. The van der Waals surface area contributed by atoms with Crippen LogP contribution in [0.15, 0.2) is 229 Å². The van der Waals surface area contributed by atoms with Crippen molar-refractivity contribution in [1.29, 1.82) is 0 Å². The predicted molar refractivity (Wildman–Crippen MR) is 565 cm³/mol. The Labute approximate surface area is 823 Å². The number of anilines is 6. The molecule has 0 spiro atoms. The van der Waals surface area contributed by atoms with Crippen molar-refractivity contribution in [2.75, 3.05) is 69.4 Å². The first kappa shape index (κ1) is 108. The van der Waals surface area contributed by atoms with E-state index in [4.69, 9.17) is 40.0 Å². The fourth-order valence-electron chi connectivity index (χ4n) is 12.7. The highest BCUT2D eigenvalue weighted by Crippen LogP contribution is 2.35. The molecule has 0 heterocycles. The molecule has 0 aliphatic heterocycles. The van der Waals surface area contributed by atoms with Crippen molar-refractivity contribution in [2.24, 2.45) is 0 Å². The van der Waals surface area contributed by atoms with Gasteiger partial charge in [0.15, 0.2) is 0 Å². The summed E-state index contributed by atoms with van der Waals surface area (Å²) in [6, 6.07) is 71.4. The summed E-state index contributed by atoms with van der Waals surface area (Å²) in [6.45, 7) is 28.4. The van der Waals surface area contributed by atoms with Crippen molar-refractivity contribution in [3.8, 4) is 34.5 Å². The monoisotopic (exact) mass is 2080 g/mol. The molecule has 0 bridgehead atoms. The molecule has 0 atom stereocenters. The summed E-state index contributed by atoms with van der Waals surface area (Å²) in [7, 11) is 0. The summed E-state index contributed by atoms with van der Waals surface area (Å²) < 4.78 is 51.3. The fourth-order valence-corrected chi connectivity index (χ4v) is 15.3. The SMILES string of the molecule is CSC(=O)Nc1cccc(Br)c1COc1ccc(C)cc1C.CSC(=O)Nc1cccc(C)c1COc1ccc(C)cc1C.CSC(=O)Nc1cccc(Cl)c1COc1ccc(C)cc1C.CSC(=O)Nc1cccc(F)c1COc1ccc(C)cc1C.CSC(=O)Nc1cccc(I)c1COc1ccc(C)cc1C.CSC(=O)Nc1ccccc1COc1ccc(C)cc1C. The van der Waals surface area contributed by atoms with E-state index in [0.717, 1.165) is 202 Å². The lowest BCUT2D eigenvalue weighted by molar-refractivity contribution is 0.269. The highest BCUT2D eigenvalue weighted by molar-refractivity contribution is 14.1. The molecule has 0 aromatic heterocycles. The summed E-state index contributed by atoms with van der Waals surface area (Å²) in [4.78, 5) is 69.4. The van der Waals surface area contributed by atoms with Crippen LogP contribution in [0.4, 0.5) is 67.3 Å². The topological polar surface area (TPSA) is 230 Å². The summed E-state index contributed by atoms with van der Waals surface area (Å²) >= 11 is 18.8. The van der Waals surface area contributed by atoms with Crippen molar-refractivity contribution in [3.05, 3.63) is 349 Å². The van der Waals surface area contributed by atoms with Crippen molar-refractivity contribution in [3.63, 3.8) is 0 Å². The van der Waals surface area contributed by atoms with Gasteiger partial charge < -0.3 is 60.3 Å². The number of carbonyl (C=O) groups excluding carboxylic acids is 6. The molecule has 690 valence electrons. The van der Waals surface area contributed by atoms with Crippen molar-refractivity contribution in [1.82, 2.24) is 0 Å². The number of thioether (sulfide) groups is 6. The third-order valence-electron chi connectivity index (χ3n) is 19.7. The van der Waals surface area contributed by atoms with E-state index in [1.54, 1.807) is 61.8 Å². The Balaban J connectivity index is 0.000000215. The van der Waals surface area contributed by atoms with Gasteiger partial charge in [-0.3, -0.25) is 28.8 Å². The molecule has 18 nitrogen and oxygen atoms in total. The van der Waals surface area contributed by atoms with Gasteiger partial charge in [-0.2, -0.15) is 0 Å². The molecular formula is C103H112BrClFIN6O12S6. The average molecular weight is 2080 g/mol. The van der Waals surface area contributed by atoms with Gasteiger partial charge in [-0.25, -0.2) is 4.39 Å². The number of amides is 6. The second kappa shape index (κ2) is 56.0. The zero-order valence-corrected chi connectivity index (χ0v) is 86.4. The van der Waals surface area contributed by atoms with Crippen LogP contribution in [-0.4, -0.2) is 69.0 Å². The molecule has 0 saturated carbocycles. The Morgan fingerprint density at radius 3 is 0.916 bits per heavy atom. The van der Waals surface area contributed by atoms with Crippen LogP contribution in [0, 0.1) is 99.4 Å². The van der Waals surface area contributed by atoms with Crippen molar-refractivity contribution < 1.29 is 61.6 Å². The lowest BCUT2D eigenvalue weighted by atomic mass is 10.1. The normalized spacial score (nSPS) is 10.3. The number of rotatable bonds is 24. The van der Waals surface area contributed by atoms with Gasteiger partial charge in [0, 0.05) is 74.9 Å². The Bertz CT molecular complexity index is 5230. The van der Waals surface area contributed by atoms with Gasteiger partial charge in [-0.1, -0.05) is 259 Å². The van der Waals surface area contributed by atoms with Crippen LogP contribution < -0.4 is 60.3 Å². The standard InChI is InChI=1S/C18H21NO2S.C17H18BrNO2S.C17H18ClNO2S.C17H18FNO2S.C17H18INO2S.C17H19NO2S/c1-12-8-9-17(14(3)10-12)21-11-15-13(2)6-5-7-16(15)19-18(20)22-4;4*1-11-7-8-16(12(2)9-11)21-10-13-14(18)5-4-6-15(13)19-17(20)22-3;1-12-8-9-16(13(2)10-12)20-11-14-6-4-5-7-15(14)18-17(19)21-3/h5-10H,11H2,1-4H3,(H,19,20);4*4-9H,10H2,1-3H3,(H,19,20);4-10H,11H2,1-3H3,(H,18,19). The summed E-state index contributed by atoms with van der Waals surface area (Å²) in [5, 5.41) is 16.9. The summed E-state index contributed by atoms with van der Waals surface area (Å²) in [5.74, 6) is 4.57. The number of carbonyl (C=O) groups is 6. The molecule has 6 amide bonds. The van der Waals surface area contributed by atoms with E-state index in [0.29, 0.717) is 60.7 Å². The lowest BCUT2D eigenvalue weighted by Gasteiger charge is -2.15. The van der Waals surface area contributed by atoms with Gasteiger partial charge in [-0.15, -0.1) is 0 Å². The maximum atomic E-state index is 14.0. The molecule has 0 fully saturated rings. The minimum Gasteiger partial charge on any atom is -0.489 e. The third-order valence-corrected chi connectivity index (χ3v) is 24.6. The highest BCUT2D eigenvalue weighted by atomic mass is 127. The van der Waals surface area contributed by atoms with Crippen LogP contribution in [0.1, 0.15) is 106 Å². The highest BCUT2D eigenvalue weighted by Gasteiger charge is 2.19. The van der Waals surface area contributed by atoms with Crippen LogP contribution >= 0.6 is 121 Å². The second-order valence-corrected chi connectivity index (χ2v) is 37.0. The van der Waals surface area contributed by atoms with Gasteiger partial charge >= 0.3 is 0 Å². The van der Waals surface area contributed by atoms with E-state index in [2.05, 4.69) is 128 Å². The van der Waals surface area contributed by atoms with E-state index in [9.17, 15) is 33.2 Å². The first-order valence-electron chi connectivity index (χ1n) is 41.2. The molecule has 12 aromatic carbocycles. The Kier molecular flexibility index (Phi) is 46.1. The maximum absolute atomic E-state index is 14.0. The minimum absolute atomic E-state index is 0.0561. The molecule has 131 heavy (non-hydrogen) atoms.